The predicted octanol–water partition coefficient (Wildman–Crippen LogP) is 0.893. The number of methoxy groups -OCH3 is 1. The number of aryl methyl sites for hydroxylation is 2. The first-order valence-electron chi connectivity index (χ1n) is 6.34. The number of amides is 1. The first-order valence-corrected chi connectivity index (χ1v) is 7.82. The highest BCUT2D eigenvalue weighted by molar-refractivity contribution is 7.89. The number of carbonyl (C=O) groups is 1. The lowest BCUT2D eigenvalue weighted by molar-refractivity contribution is -0.119. The molecular formula is C14H20N2O4S. The lowest BCUT2D eigenvalue weighted by Crippen LogP contribution is -2.37. The molecule has 0 saturated heterocycles. The molecule has 1 aromatic carbocycles. The second kappa shape index (κ2) is 7.24. The van der Waals surface area contributed by atoms with E-state index in [1.807, 2.05) is 13.8 Å². The summed E-state index contributed by atoms with van der Waals surface area (Å²) in [4.78, 5) is 11.5. The summed E-state index contributed by atoms with van der Waals surface area (Å²) in [5.74, 6) is -0.182. The minimum Gasteiger partial charge on any atom is -0.495 e. The third-order valence-corrected chi connectivity index (χ3v) is 4.36. The summed E-state index contributed by atoms with van der Waals surface area (Å²) in [7, 11) is -2.42. The van der Waals surface area contributed by atoms with E-state index in [2.05, 4.69) is 16.6 Å². The average Bonchev–Trinajstić information content (AvgIpc) is 2.45. The third-order valence-electron chi connectivity index (χ3n) is 2.94. The lowest BCUT2D eigenvalue weighted by atomic mass is 10.1. The van der Waals surface area contributed by atoms with Crippen molar-refractivity contribution in [3.63, 3.8) is 0 Å². The quantitative estimate of drug-likeness (QED) is 0.732. The number of carbonyl (C=O) groups excluding carboxylic acids is 1. The molecule has 0 aromatic heterocycles. The van der Waals surface area contributed by atoms with Gasteiger partial charge in [0, 0.05) is 6.54 Å². The van der Waals surface area contributed by atoms with Gasteiger partial charge < -0.3 is 10.1 Å². The number of hydrogen-bond acceptors (Lipinski definition) is 4. The molecule has 7 heteroatoms. The van der Waals surface area contributed by atoms with Crippen LogP contribution in [0.4, 0.5) is 0 Å². The molecule has 0 bridgehead atoms. The number of hydrogen-bond donors (Lipinski definition) is 2. The highest BCUT2D eigenvalue weighted by Crippen LogP contribution is 2.26. The number of ether oxygens (including phenoxy) is 1. The molecule has 0 aliphatic carbocycles. The highest BCUT2D eigenvalue weighted by Gasteiger charge is 2.21. The van der Waals surface area contributed by atoms with Crippen LogP contribution in [0.5, 0.6) is 5.75 Å². The van der Waals surface area contributed by atoms with Gasteiger partial charge in [0.15, 0.2) is 0 Å². The topological polar surface area (TPSA) is 84.5 Å². The minimum absolute atomic E-state index is 0.0182. The molecule has 0 aliphatic heterocycles. The molecule has 116 valence electrons. The molecular weight excluding hydrogens is 292 g/mol. The summed E-state index contributed by atoms with van der Waals surface area (Å²) in [6.07, 6.45) is 1.51. The van der Waals surface area contributed by atoms with Crippen LogP contribution in [0.15, 0.2) is 29.7 Å². The summed E-state index contributed by atoms with van der Waals surface area (Å²) in [5, 5.41) is 2.49. The summed E-state index contributed by atoms with van der Waals surface area (Å²) in [6.45, 7) is 7.08. The van der Waals surface area contributed by atoms with Crippen molar-refractivity contribution in [1.29, 1.82) is 0 Å². The van der Waals surface area contributed by atoms with Gasteiger partial charge >= 0.3 is 0 Å². The van der Waals surface area contributed by atoms with Gasteiger partial charge in [-0.2, -0.15) is 0 Å². The number of sulfonamides is 1. The van der Waals surface area contributed by atoms with Crippen LogP contribution >= 0.6 is 0 Å². The van der Waals surface area contributed by atoms with Crippen LogP contribution in [0.3, 0.4) is 0 Å². The largest absolute Gasteiger partial charge is 0.495 e. The molecule has 1 aromatic rings. The van der Waals surface area contributed by atoms with Gasteiger partial charge in [-0.25, -0.2) is 13.1 Å². The van der Waals surface area contributed by atoms with E-state index in [-0.39, 0.29) is 23.7 Å². The van der Waals surface area contributed by atoms with Gasteiger partial charge in [0.2, 0.25) is 15.9 Å². The molecule has 0 radical (unpaired) electrons. The Bertz CT molecular complexity index is 639. The molecule has 2 N–H and O–H groups in total. The van der Waals surface area contributed by atoms with Crippen molar-refractivity contribution >= 4 is 15.9 Å². The van der Waals surface area contributed by atoms with Crippen LogP contribution < -0.4 is 14.8 Å². The van der Waals surface area contributed by atoms with E-state index in [0.717, 1.165) is 11.1 Å². The van der Waals surface area contributed by atoms with E-state index in [1.165, 1.54) is 19.3 Å². The van der Waals surface area contributed by atoms with Crippen LogP contribution in [0.25, 0.3) is 0 Å². The third kappa shape index (κ3) is 4.57. The van der Waals surface area contributed by atoms with Crippen LogP contribution in [0, 0.1) is 13.8 Å². The Hall–Kier alpha value is -1.86. The van der Waals surface area contributed by atoms with Gasteiger partial charge in [0.05, 0.1) is 13.7 Å². The van der Waals surface area contributed by atoms with Crippen LogP contribution in [-0.2, 0) is 14.8 Å². The average molecular weight is 312 g/mol. The van der Waals surface area contributed by atoms with Gasteiger partial charge in [-0.15, -0.1) is 6.58 Å². The van der Waals surface area contributed by atoms with Crippen molar-refractivity contribution in [3.05, 3.63) is 35.9 Å². The fourth-order valence-corrected chi connectivity index (χ4v) is 2.84. The molecule has 0 fully saturated rings. The molecule has 0 atom stereocenters. The van der Waals surface area contributed by atoms with E-state index < -0.39 is 15.9 Å². The molecule has 1 amide bonds. The first kappa shape index (κ1) is 17.2. The van der Waals surface area contributed by atoms with Gasteiger partial charge in [-0.3, -0.25) is 4.79 Å². The van der Waals surface area contributed by atoms with Crippen molar-refractivity contribution in [2.24, 2.45) is 0 Å². The Morgan fingerprint density at radius 1 is 1.33 bits per heavy atom. The second-order valence-corrected chi connectivity index (χ2v) is 6.24. The van der Waals surface area contributed by atoms with Gasteiger partial charge in [-0.05, 0) is 37.1 Å². The Kier molecular flexibility index (Phi) is 5.92. The standard InChI is InChI=1S/C14H20N2O4S/c1-5-6-15-14(17)9-16-21(18,19)13-8-11(3)10(2)7-12(13)20-4/h5,7-8,16H,1,6,9H2,2-4H3,(H,15,17). The fourth-order valence-electron chi connectivity index (χ4n) is 1.62. The van der Waals surface area contributed by atoms with Crippen molar-refractivity contribution in [1.82, 2.24) is 10.0 Å². The second-order valence-electron chi connectivity index (χ2n) is 4.50. The molecule has 6 nitrogen and oxygen atoms in total. The smallest absolute Gasteiger partial charge is 0.244 e. The molecule has 1 rings (SSSR count). The van der Waals surface area contributed by atoms with E-state index in [9.17, 15) is 13.2 Å². The first-order chi connectivity index (χ1) is 9.81. The Labute approximate surface area is 125 Å². The van der Waals surface area contributed by atoms with Crippen molar-refractivity contribution in [3.8, 4) is 5.75 Å². The molecule has 0 spiro atoms. The normalized spacial score (nSPS) is 11.0. The van der Waals surface area contributed by atoms with Crippen molar-refractivity contribution < 1.29 is 17.9 Å². The van der Waals surface area contributed by atoms with Crippen molar-refractivity contribution in [2.45, 2.75) is 18.7 Å². The summed E-state index contributed by atoms with van der Waals surface area (Å²) in [5.41, 5.74) is 1.75. The summed E-state index contributed by atoms with van der Waals surface area (Å²) < 4.78 is 31.9. The number of benzene rings is 1. The monoisotopic (exact) mass is 312 g/mol. The van der Waals surface area contributed by atoms with Crippen LogP contribution in [0.1, 0.15) is 11.1 Å². The predicted molar refractivity (Wildman–Crippen MR) is 80.9 cm³/mol. The van der Waals surface area contributed by atoms with E-state index in [0.29, 0.717) is 0 Å². The van der Waals surface area contributed by atoms with Gasteiger partial charge in [-0.1, -0.05) is 6.08 Å². The fraction of sp³-hybridized carbons (Fsp3) is 0.357. The van der Waals surface area contributed by atoms with Gasteiger partial charge in [0.1, 0.15) is 10.6 Å². The Morgan fingerprint density at radius 3 is 2.52 bits per heavy atom. The molecule has 0 unspecified atom stereocenters. The zero-order chi connectivity index (χ0) is 16.0. The van der Waals surface area contributed by atoms with E-state index >= 15 is 0 Å². The lowest BCUT2D eigenvalue weighted by Gasteiger charge is -2.13. The Balaban J connectivity index is 2.95. The molecule has 0 saturated carbocycles. The summed E-state index contributed by atoms with van der Waals surface area (Å²) >= 11 is 0. The van der Waals surface area contributed by atoms with Crippen LogP contribution in [0.2, 0.25) is 0 Å². The Morgan fingerprint density at radius 2 is 1.95 bits per heavy atom. The van der Waals surface area contributed by atoms with Crippen molar-refractivity contribution in [2.75, 3.05) is 20.2 Å². The zero-order valence-electron chi connectivity index (χ0n) is 12.4. The number of rotatable bonds is 7. The molecule has 0 aliphatic rings. The van der Waals surface area contributed by atoms with Crippen LogP contribution in [-0.4, -0.2) is 34.5 Å². The van der Waals surface area contributed by atoms with E-state index in [1.54, 1.807) is 6.07 Å². The zero-order valence-corrected chi connectivity index (χ0v) is 13.2. The molecule has 0 heterocycles. The minimum atomic E-state index is -3.82. The summed E-state index contributed by atoms with van der Waals surface area (Å²) in [6, 6.07) is 3.18. The van der Waals surface area contributed by atoms with E-state index in [4.69, 9.17) is 4.74 Å². The maximum absolute atomic E-state index is 12.3. The molecule has 21 heavy (non-hydrogen) atoms. The highest BCUT2D eigenvalue weighted by atomic mass is 32.2. The SMILES string of the molecule is C=CCNC(=O)CNS(=O)(=O)c1cc(C)c(C)cc1OC. The maximum atomic E-state index is 12.3. The number of nitrogens with one attached hydrogen (secondary N) is 2. The maximum Gasteiger partial charge on any atom is 0.244 e. The van der Waals surface area contributed by atoms with Gasteiger partial charge in [0.25, 0.3) is 0 Å².